The van der Waals surface area contributed by atoms with Crippen molar-refractivity contribution in [2.75, 3.05) is 20.1 Å². The van der Waals surface area contributed by atoms with E-state index in [9.17, 15) is 9.18 Å². The lowest BCUT2D eigenvalue weighted by atomic mass is 10.0. The van der Waals surface area contributed by atoms with Crippen molar-refractivity contribution in [2.45, 2.75) is 45.2 Å². The van der Waals surface area contributed by atoms with Crippen LogP contribution in [0.1, 0.15) is 47.8 Å². The highest BCUT2D eigenvalue weighted by molar-refractivity contribution is 5.95. The number of aryl methyl sites for hydroxylation is 1. The SMILES string of the molecule is CCCc1ncncc1C(=O)N(C)[C@@H]1CCCN(Cc2ccccc2F)C1. The fourth-order valence-corrected chi connectivity index (χ4v) is 3.68. The number of benzene rings is 1. The van der Waals surface area contributed by atoms with Crippen LogP contribution < -0.4 is 0 Å². The maximum Gasteiger partial charge on any atom is 0.257 e. The second-order valence-electron chi connectivity index (χ2n) is 7.17. The highest BCUT2D eigenvalue weighted by Crippen LogP contribution is 2.20. The maximum atomic E-state index is 14.0. The number of rotatable bonds is 6. The molecule has 1 saturated heterocycles. The highest BCUT2D eigenvalue weighted by Gasteiger charge is 2.28. The summed E-state index contributed by atoms with van der Waals surface area (Å²) >= 11 is 0. The number of amides is 1. The molecule has 1 fully saturated rings. The summed E-state index contributed by atoms with van der Waals surface area (Å²) in [6, 6.07) is 7.00. The van der Waals surface area contributed by atoms with Crippen LogP contribution in [0.25, 0.3) is 0 Å². The summed E-state index contributed by atoms with van der Waals surface area (Å²) in [5, 5.41) is 0. The minimum Gasteiger partial charge on any atom is -0.337 e. The summed E-state index contributed by atoms with van der Waals surface area (Å²) in [5.74, 6) is -0.202. The van der Waals surface area contributed by atoms with Gasteiger partial charge in [-0.05, 0) is 31.9 Å². The van der Waals surface area contributed by atoms with Gasteiger partial charge >= 0.3 is 0 Å². The normalized spacial score (nSPS) is 17.7. The molecule has 0 unspecified atom stereocenters. The van der Waals surface area contributed by atoms with Gasteiger partial charge in [0.05, 0.1) is 11.3 Å². The van der Waals surface area contributed by atoms with Gasteiger partial charge in [0.15, 0.2) is 0 Å². The third kappa shape index (κ3) is 4.69. The fraction of sp³-hybridized carbons (Fsp3) is 0.476. The zero-order valence-electron chi connectivity index (χ0n) is 16.1. The zero-order valence-corrected chi connectivity index (χ0v) is 16.1. The van der Waals surface area contributed by atoms with E-state index in [2.05, 4.69) is 21.8 Å². The molecule has 0 radical (unpaired) electrons. The molecule has 1 aliphatic rings. The van der Waals surface area contributed by atoms with Gasteiger partial charge in [0, 0.05) is 37.9 Å². The van der Waals surface area contributed by atoms with Crippen molar-refractivity contribution in [1.82, 2.24) is 19.8 Å². The third-order valence-corrected chi connectivity index (χ3v) is 5.21. The first-order valence-corrected chi connectivity index (χ1v) is 9.62. The number of carbonyl (C=O) groups is 1. The average Bonchev–Trinajstić information content (AvgIpc) is 2.69. The van der Waals surface area contributed by atoms with E-state index < -0.39 is 0 Å². The number of likely N-dealkylation sites (N-methyl/N-ethyl adjacent to an activating group) is 1. The van der Waals surface area contributed by atoms with Crippen molar-refractivity contribution in [1.29, 1.82) is 0 Å². The van der Waals surface area contributed by atoms with E-state index in [4.69, 9.17) is 0 Å². The van der Waals surface area contributed by atoms with E-state index in [1.54, 1.807) is 12.3 Å². The van der Waals surface area contributed by atoms with Crippen LogP contribution in [0.5, 0.6) is 0 Å². The Morgan fingerprint density at radius 1 is 1.37 bits per heavy atom. The minimum atomic E-state index is -0.172. The van der Waals surface area contributed by atoms with Crippen molar-refractivity contribution in [3.63, 3.8) is 0 Å². The van der Waals surface area contributed by atoms with Crippen LogP contribution >= 0.6 is 0 Å². The first-order chi connectivity index (χ1) is 13.1. The molecule has 0 aliphatic carbocycles. The number of carbonyl (C=O) groups excluding carboxylic acids is 1. The lowest BCUT2D eigenvalue weighted by Gasteiger charge is -2.37. The Bertz CT molecular complexity index is 782. The van der Waals surface area contributed by atoms with Crippen molar-refractivity contribution >= 4 is 5.91 Å². The molecule has 0 bridgehead atoms. The van der Waals surface area contributed by atoms with E-state index in [1.165, 1.54) is 12.4 Å². The van der Waals surface area contributed by atoms with E-state index in [0.717, 1.165) is 44.5 Å². The molecular weight excluding hydrogens is 343 g/mol. The van der Waals surface area contributed by atoms with Crippen LogP contribution in [-0.2, 0) is 13.0 Å². The summed E-state index contributed by atoms with van der Waals surface area (Å²) in [6.07, 6.45) is 6.76. The van der Waals surface area contributed by atoms with Crippen LogP contribution in [0.4, 0.5) is 4.39 Å². The summed E-state index contributed by atoms with van der Waals surface area (Å²) in [5.41, 5.74) is 2.10. The van der Waals surface area contributed by atoms with Gasteiger partial charge in [-0.3, -0.25) is 9.69 Å². The molecule has 144 valence electrons. The van der Waals surface area contributed by atoms with E-state index in [1.807, 2.05) is 24.1 Å². The second-order valence-corrected chi connectivity index (χ2v) is 7.17. The Hall–Kier alpha value is -2.34. The molecule has 1 aromatic heterocycles. The quantitative estimate of drug-likeness (QED) is 0.783. The first-order valence-electron chi connectivity index (χ1n) is 9.62. The molecule has 3 rings (SSSR count). The third-order valence-electron chi connectivity index (χ3n) is 5.21. The largest absolute Gasteiger partial charge is 0.337 e. The highest BCUT2D eigenvalue weighted by atomic mass is 19.1. The smallest absolute Gasteiger partial charge is 0.257 e. The van der Waals surface area contributed by atoms with Gasteiger partial charge in [0.25, 0.3) is 5.91 Å². The van der Waals surface area contributed by atoms with Crippen LogP contribution in [0.15, 0.2) is 36.8 Å². The molecule has 1 amide bonds. The lowest BCUT2D eigenvalue weighted by molar-refractivity contribution is 0.0606. The minimum absolute atomic E-state index is 0.0307. The molecule has 0 N–H and O–H groups in total. The Morgan fingerprint density at radius 3 is 2.96 bits per heavy atom. The summed E-state index contributed by atoms with van der Waals surface area (Å²) in [7, 11) is 1.85. The number of piperidine rings is 1. The van der Waals surface area contributed by atoms with Crippen LogP contribution in [-0.4, -0.2) is 51.9 Å². The number of nitrogens with zero attached hydrogens (tertiary/aromatic N) is 4. The molecule has 5 nitrogen and oxygen atoms in total. The molecule has 1 aliphatic heterocycles. The van der Waals surface area contributed by atoms with Gasteiger partial charge < -0.3 is 4.90 Å². The molecule has 27 heavy (non-hydrogen) atoms. The van der Waals surface area contributed by atoms with Crippen molar-refractivity contribution in [3.8, 4) is 0 Å². The number of halogens is 1. The van der Waals surface area contributed by atoms with Crippen molar-refractivity contribution in [2.24, 2.45) is 0 Å². The Morgan fingerprint density at radius 2 is 2.19 bits per heavy atom. The number of hydrogen-bond acceptors (Lipinski definition) is 4. The molecular formula is C21H27FN4O. The predicted octanol–water partition coefficient (Wildman–Crippen LogP) is 3.30. The van der Waals surface area contributed by atoms with Crippen LogP contribution in [0.2, 0.25) is 0 Å². The summed E-state index contributed by atoms with van der Waals surface area (Å²) in [4.78, 5) is 25.4. The molecule has 1 aromatic carbocycles. The summed E-state index contributed by atoms with van der Waals surface area (Å²) in [6.45, 7) is 4.30. The first kappa shape index (κ1) is 19.4. The number of aromatic nitrogens is 2. The van der Waals surface area contributed by atoms with Crippen LogP contribution in [0, 0.1) is 5.82 Å². The lowest BCUT2D eigenvalue weighted by Crippen LogP contribution is -2.48. The zero-order chi connectivity index (χ0) is 19.2. The maximum absolute atomic E-state index is 14.0. The predicted molar refractivity (Wildman–Crippen MR) is 103 cm³/mol. The topological polar surface area (TPSA) is 49.3 Å². The standard InChI is InChI=1S/C21H27FN4O/c1-3-7-20-18(12-23-15-24-20)21(27)25(2)17-9-6-11-26(14-17)13-16-8-4-5-10-19(16)22/h4-5,8,10,12,15,17H,3,6-7,9,11,13-14H2,1-2H3/t17-/m1/s1. The Kier molecular flexibility index (Phi) is 6.50. The Balaban J connectivity index is 1.68. The van der Waals surface area contributed by atoms with E-state index >= 15 is 0 Å². The van der Waals surface area contributed by atoms with Gasteiger partial charge in [-0.1, -0.05) is 31.5 Å². The van der Waals surface area contributed by atoms with Gasteiger partial charge in [0.2, 0.25) is 0 Å². The molecule has 2 aromatic rings. The van der Waals surface area contributed by atoms with Crippen molar-refractivity contribution in [3.05, 3.63) is 59.4 Å². The monoisotopic (exact) mass is 370 g/mol. The summed E-state index contributed by atoms with van der Waals surface area (Å²) < 4.78 is 14.0. The number of likely N-dealkylation sites (tertiary alicyclic amines) is 1. The second kappa shape index (κ2) is 9.04. The molecule has 2 heterocycles. The molecule has 0 spiro atoms. The Labute approximate surface area is 160 Å². The van der Waals surface area contributed by atoms with E-state index in [-0.39, 0.29) is 17.8 Å². The van der Waals surface area contributed by atoms with Crippen LogP contribution in [0.3, 0.4) is 0 Å². The van der Waals surface area contributed by atoms with Crippen molar-refractivity contribution < 1.29 is 9.18 Å². The molecule has 0 saturated carbocycles. The molecule has 1 atom stereocenters. The molecule has 6 heteroatoms. The number of hydrogen-bond donors (Lipinski definition) is 0. The van der Waals surface area contributed by atoms with Gasteiger partial charge in [-0.25, -0.2) is 14.4 Å². The van der Waals surface area contributed by atoms with Gasteiger partial charge in [-0.2, -0.15) is 0 Å². The van der Waals surface area contributed by atoms with Gasteiger partial charge in [-0.15, -0.1) is 0 Å². The van der Waals surface area contributed by atoms with Gasteiger partial charge in [0.1, 0.15) is 12.1 Å². The fourth-order valence-electron chi connectivity index (χ4n) is 3.68. The van der Waals surface area contributed by atoms with E-state index in [0.29, 0.717) is 17.7 Å². The average molecular weight is 370 g/mol.